The molecule has 0 radical (unpaired) electrons. The predicted molar refractivity (Wildman–Crippen MR) is 97.9 cm³/mol. The fourth-order valence-electron chi connectivity index (χ4n) is 2.45. The molecule has 164 valence electrons. The second-order valence-corrected chi connectivity index (χ2v) is 7.70. The van der Waals surface area contributed by atoms with E-state index in [1.54, 1.807) is 12.1 Å². The van der Waals surface area contributed by atoms with Crippen LogP contribution in [0, 0.1) is 0 Å². The molecule has 0 N–H and O–H groups in total. The summed E-state index contributed by atoms with van der Waals surface area (Å²) in [6, 6.07) is 6.70. The fourth-order valence-corrected chi connectivity index (χ4v) is 3.25. The van der Waals surface area contributed by atoms with Crippen LogP contribution in [-0.2, 0) is 9.13 Å². The van der Waals surface area contributed by atoms with Crippen molar-refractivity contribution in [3.63, 3.8) is 0 Å². The Hall–Kier alpha value is 1.48. The molecule has 2 aromatic rings. The molecule has 0 aliphatic rings. The van der Waals surface area contributed by atoms with Gasteiger partial charge in [0.15, 0.2) is 23.0 Å². The van der Waals surface area contributed by atoms with Gasteiger partial charge >= 0.3 is 118 Å². The molecule has 0 bridgehead atoms. The third-order valence-corrected chi connectivity index (χ3v) is 4.39. The number of methoxy groups -OCH3 is 3. The number of hydrogen-bond acceptors (Lipinski definition) is 11. The van der Waals surface area contributed by atoms with E-state index in [-0.39, 0.29) is 124 Å². The Bertz CT molecular complexity index is 1020. The van der Waals surface area contributed by atoms with Crippen molar-refractivity contribution in [2.24, 2.45) is 0 Å². The number of hydrogen-bond donors (Lipinski definition) is 0. The Labute approximate surface area is 285 Å². The molecule has 2 aromatic carbocycles. The van der Waals surface area contributed by atoms with Crippen LogP contribution in [0.25, 0.3) is 12.2 Å². The van der Waals surface area contributed by atoms with Crippen molar-refractivity contribution in [3.8, 4) is 28.7 Å². The number of phosphoric acid groups is 2. The van der Waals surface area contributed by atoms with Crippen LogP contribution in [-0.4, -0.2) is 21.3 Å². The molecule has 0 aromatic heterocycles. The molecule has 0 unspecified atom stereocenters. The fraction of sp³-hybridized carbons (Fsp3) is 0.176. The summed E-state index contributed by atoms with van der Waals surface area (Å²) in [4.78, 5) is 44.0. The van der Waals surface area contributed by atoms with Crippen LogP contribution in [0.1, 0.15) is 11.1 Å². The molecule has 0 saturated heterocycles. The van der Waals surface area contributed by atoms with E-state index in [9.17, 15) is 28.7 Å². The topological polar surface area (TPSA) is 173 Å². The molecule has 34 heavy (non-hydrogen) atoms. The third-order valence-electron chi connectivity index (χ3n) is 3.57. The summed E-state index contributed by atoms with van der Waals surface area (Å²) in [5, 5.41) is 0. The maximum absolute atomic E-state index is 11.1. The molecule has 2 rings (SSSR count). The largest absolute Gasteiger partial charge is 1.00 e. The van der Waals surface area contributed by atoms with E-state index in [2.05, 4.69) is 9.05 Å². The number of ether oxygens (including phenoxy) is 3. The summed E-state index contributed by atoms with van der Waals surface area (Å²) in [5.74, 6) is -0.472. The quantitative estimate of drug-likeness (QED) is 0.165. The first-order chi connectivity index (χ1) is 14.0. The smallest absolute Gasteiger partial charge is 0.780 e. The molecule has 0 atom stereocenters. The van der Waals surface area contributed by atoms with Gasteiger partial charge in [-0.15, -0.1) is 0 Å². The minimum atomic E-state index is -5.60. The summed E-state index contributed by atoms with van der Waals surface area (Å²) in [6.45, 7) is 0. The SMILES string of the molecule is COc1cc(/C=C\c2cccc(OP(=O)([O-])[O-])c2OP(=O)([O-])[O-])cc(OC)c1OC.[Na+].[Na+].[Na+].[Na+]. The van der Waals surface area contributed by atoms with Crippen molar-refractivity contribution in [1.29, 1.82) is 0 Å². The normalized spacial score (nSPS) is 10.6. The summed E-state index contributed by atoms with van der Waals surface area (Å²) >= 11 is 0. The predicted octanol–water partition coefficient (Wildman–Crippen LogP) is -11.7. The van der Waals surface area contributed by atoms with Gasteiger partial charge in [0, 0.05) is 5.56 Å². The first kappa shape index (κ1) is 40.0. The molecule has 0 aliphatic heterocycles. The van der Waals surface area contributed by atoms with Crippen LogP contribution < -0.4 is 161 Å². The van der Waals surface area contributed by atoms with Gasteiger partial charge in [-0.2, -0.15) is 0 Å². The Morgan fingerprint density at radius 1 is 0.676 bits per heavy atom. The first-order valence-corrected chi connectivity index (χ1v) is 10.9. The van der Waals surface area contributed by atoms with E-state index in [0.717, 1.165) is 6.07 Å². The molecular formula is C17H16Na4O11P2. The van der Waals surface area contributed by atoms with Crippen molar-refractivity contribution in [2.45, 2.75) is 0 Å². The standard InChI is InChI=1S/C17H20O11P2.4Na/c1-24-14-9-11(10-15(25-2)17(14)26-3)7-8-12-5-4-6-13(27-29(18,19)20)16(12)28-30(21,22)23;;;;/h4-10H,1-3H3,(H2,18,19,20)(H2,21,22,23);;;;/q;4*+1/p-4/b8-7-;;;;. The van der Waals surface area contributed by atoms with Gasteiger partial charge in [0.1, 0.15) is 15.6 Å². The van der Waals surface area contributed by atoms with Gasteiger partial charge < -0.3 is 52.0 Å². The van der Waals surface area contributed by atoms with Gasteiger partial charge in [-0.1, -0.05) is 24.3 Å². The van der Waals surface area contributed by atoms with Crippen LogP contribution in [0.5, 0.6) is 28.7 Å². The first-order valence-electron chi connectivity index (χ1n) is 8.02. The maximum Gasteiger partial charge on any atom is 1.00 e. The van der Waals surface area contributed by atoms with Crippen molar-refractivity contribution in [1.82, 2.24) is 0 Å². The van der Waals surface area contributed by atoms with E-state index in [4.69, 9.17) is 14.2 Å². The molecule has 0 fully saturated rings. The molecule has 11 nitrogen and oxygen atoms in total. The van der Waals surface area contributed by atoms with Crippen LogP contribution in [0.3, 0.4) is 0 Å². The van der Waals surface area contributed by atoms with E-state index < -0.39 is 27.1 Å². The summed E-state index contributed by atoms with van der Waals surface area (Å²) in [6.07, 6.45) is 2.77. The minimum Gasteiger partial charge on any atom is -0.780 e. The second kappa shape index (κ2) is 17.9. The maximum atomic E-state index is 11.1. The number of rotatable bonds is 9. The molecule has 0 aliphatic carbocycles. The van der Waals surface area contributed by atoms with Gasteiger partial charge in [0.2, 0.25) is 5.75 Å². The number of para-hydroxylation sites is 1. The second-order valence-electron chi connectivity index (χ2n) is 5.54. The average Bonchev–Trinajstić information content (AvgIpc) is 2.65. The molecule has 0 saturated carbocycles. The zero-order valence-corrected chi connectivity index (χ0v) is 29.7. The van der Waals surface area contributed by atoms with Crippen molar-refractivity contribution >= 4 is 27.8 Å². The van der Waals surface area contributed by atoms with Crippen LogP contribution in [0.2, 0.25) is 0 Å². The van der Waals surface area contributed by atoms with E-state index in [1.165, 1.54) is 45.6 Å². The number of phosphoric ester groups is 2. The molecule has 0 amide bonds. The molecular weight excluding hydrogens is 534 g/mol. The number of benzene rings is 2. The molecule has 0 spiro atoms. The van der Waals surface area contributed by atoms with Gasteiger partial charge in [0.25, 0.3) is 0 Å². The Morgan fingerprint density at radius 2 is 1.18 bits per heavy atom. The van der Waals surface area contributed by atoms with Crippen molar-refractivity contribution in [3.05, 3.63) is 41.5 Å². The summed E-state index contributed by atoms with van der Waals surface area (Å²) in [7, 11) is -6.89. The summed E-state index contributed by atoms with van der Waals surface area (Å²) < 4.78 is 46.2. The third kappa shape index (κ3) is 12.8. The zero-order chi connectivity index (χ0) is 22.5. The van der Waals surface area contributed by atoms with Gasteiger partial charge in [-0.25, -0.2) is 0 Å². The van der Waals surface area contributed by atoms with Gasteiger partial charge in [-0.3, -0.25) is 0 Å². The van der Waals surface area contributed by atoms with Crippen LogP contribution >= 0.6 is 15.6 Å². The Kier molecular flexibility index (Phi) is 21.0. The molecule has 0 heterocycles. The minimum absolute atomic E-state index is 0. The molecule has 17 heteroatoms. The van der Waals surface area contributed by atoms with Crippen molar-refractivity contribution in [2.75, 3.05) is 21.3 Å². The van der Waals surface area contributed by atoms with Gasteiger partial charge in [0.05, 0.1) is 21.3 Å². The van der Waals surface area contributed by atoms with E-state index in [0.29, 0.717) is 22.8 Å². The Balaban J connectivity index is -0.00000240. The van der Waals surface area contributed by atoms with Crippen LogP contribution in [0.15, 0.2) is 30.3 Å². The average molecular weight is 550 g/mol. The zero-order valence-electron chi connectivity index (χ0n) is 19.9. The monoisotopic (exact) mass is 550 g/mol. The van der Waals surface area contributed by atoms with Crippen LogP contribution in [0.4, 0.5) is 0 Å². The summed E-state index contributed by atoms with van der Waals surface area (Å²) in [5.41, 5.74) is 0.453. The Morgan fingerprint density at radius 3 is 1.59 bits per heavy atom. The van der Waals surface area contributed by atoms with E-state index in [1.807, 2.05) is 0 Å². The van der Waals surface area contributed by atoms with Crippen molar-refractivity contribution < 1.29 is 170 Å². The van der Waals surface area contributed by atoms with Gasteiger partial charge in [-0.05, 0) is 23.8 Å². The van der Waals surface area contributed by atoms with E-state index >= 15 is 0 Å².